The summed E-state index contributed by atoms with van der Waals surface area (Å²) in [5, 5.41) is 3.13. The summed E-state index contributed by atoms with van der Waals surface area (Å²) in [5.74, 6) is 0.530. The molecule has 232 valence electrons. The highest BCUT2D eigenvalue weighted by Gasteiger charge is 2.38. The summed E-state index contributed by atoms with van der Waals surface area (Å²) >= 11 is 6.32. The SMILES string of the molecule is CC[C@@H]1CC/C=C/[C@@H](NC(C)=O)[C@@H]2CC[C@H]2CN2CCCCc3cc(Cl)ccc3COc3ccc(cc32)C(=O)NS1(=O)=O. The number of ether oxygens (including phenoxy) is 1. The van der Waals surface area contributed by atoms with Gasteiger partial charge in [-0.2, -0.15) is 0 Å². The molecule has 0 saturated heterocycles. The van der Waals surface area contributed by atoms with E-state index in [1.165, 1.54) is 12.5 Å². The highest BCUT2D eigenvalue weighted by Crippen LogP contribution is 2.41. The molecule has 2 N–H and O–H groups in total. The maximum atomic E-state index is 13.4. The van der Waals surface area contributed by atoms with E-state index in [0.717, 1.165) is 56.4 Å². The van der Waals surface area contributed by atoms with Gasteiger partial charge >= 0.3 is 0 Å². The van der Waals surface area contributed by atoms with Crippen molar-refractivity contribution < 1.29 is 22.7 Å². The van der Waals surface area contributed by atoms with Gasteiger partial charge in [-0.05, 0) is 105 Å². The maximum Gasteiger partial charge on any atom is 0.264 e. The second-order valence-corrected chi connectivity index (χ2v) is 14.4. The van der Waals surface area contributed by atoms with E-state index in [-0.39, 0.29) is 23.4 Å². The van der Waals surface area contributed by atoms with Crippen molar-refractivity contribution in [3.05, 3.63) is 70.3 Å². The third kappa shape index (κ3) is 7.55. The Morgan fingerprint density at radius 1 is 1.12 bits per heavy atom. The van der Waals surface area contributed by atoms with E-state index in [1.807, 2.05) is 37.3 Å². The minimum Gasteiger partial charge on any atom is -0.487 e. The average molecular weight is 628 g/mol. The monoisotopic (exact) mass is 627 g/mol. The van der Waals surface area contributed by atoms with Crippen molar-refractivity contribution >= 4 is 39.1 Å². The molecule has 1 saturated carbocycles. The van der Waals surface area contributed by atoms with Gasteiger partial charge in [-0.1, -0.05) is 36.7 Å². The van der Waals surface area contributed by atoms with Gasteiger partial charge < -0.3 is 15.0 Å². The van der Waals surface area contributed by atoms with Crippen molar-refractivity contribution in [1.29, 1.82) is 0 Å². The van der Waals surface area contributed by atoms with E-state index in [4.69, 9.17) is 16.3 Å². The van der Waals surface area contributed by atoms with Crippen LogP contribution >= 0.6 is 11.6 Å². The highest BCUT2D eigenvalue weighted by molar-refractivity contribution is 7.90. The topological polar surface area (TPSA) is 105 Å². The molecule has 1 aliphatic carbocycles. The number of amides is 2. The zero-order valence-corrected chi connectivity index (χ0v) is 26.6. The fraction of sp³-hybridized carbons (Fsp3) is 0.515. The molecule has 5 rings (SSSR count). The summed E-state index contributed by atoms with van der Waals surface area (Å²) in [6.07, 6.45) is 10.1. The number of halogens is 1. The number of hydrogen-bond donors (Lipinski definition) is 2. The van der Waals surface area contributed by atoms with Gasteiger partial charge in [0.15, 0.2) is 0 Å². The molecule has 2 bridgehead atoms. The minimum atomic E-state index is -3.90. The van der Waals surface area contributed by atoms with Crippen LogP contribution in [0.25, 0.3) is 0 Å². The molecule has 2 aliphatic heterocycles. The fourth-order valence-corrected chi connectivity index (χ4v) is 8.19. The quantitative estimate of drug-likeness (QED) is 0.409. The number of aryl methyl sites for hydroxylation is 1. The first-order valence-corrected chi connectivity index (χ1v) is 17.4. The molecule has 8 nitrogen and oxygen atoms in total. The summed E-state index contributed by atoms with van der Waals surface area (Å²) in [4.78, 5) is 27.8. The van der Waals surface area contributed by atoms with Crippen molar-refractivity contribution in [2.75, 3.05) is 18.0 Å². The van der Waals surface area contributed by atoms with E-state index >= 15 is 0 Å². The number of nitrogens with one attached hydrogen (secondary N) is 2. The number of hydrogen-bond acceptors (Lipinski definition) is 6. The van der Waals surface area contributed by atoms with Crippen LogP contribution in [-0.4, -0.2) is 44.6 Å². The zero-order chi connectivity index (χ0) is 30.6. The van der Waals surface area contributed by atoms with Gasteiger partial charge in [0.1, 0.15) is 12.4 Å². The van der Waals surface area contributed by atoms with Gasteiger partial charge in [-0.3, -0.25) is 9.59 Å². The van der Waals surface area contributed by atoms with Crippen LogP contribution in [0, 0.1) is 11.8 Å². The van der Waals surface area contributed by atoms with Gasteiger partial charge in [0.2, 0.25) is 15.9 Å². The third-order valence-electron chi connectivity index (χ3n) is 9.13. The molecule has 2 heterocycles. The first-order valence-electron chi connectivity index (χ1n) is 15.4. The fourth-order valence-electron chi connectivity index (χ4n) is 6.56. The summed E-state index contributed by atoms with van der Waals surface area (Å²) in [6.45, 7) is 5.20. The average Bonchev–Trinajstić information content (AvgIpc) is 2.97. The molecular weight excluding hydrogens is 586 g/mol. The van der Waals surface area contributed by atoms with Crippen molar-refractivity contribution in [1.82, 2.24) is 10.0 Å². The Balaban J connectivity index is 1.55. The summed E-state index contributed by atoms with van der Waals surface area (Å²) in [7, 11) is -3.90. The number of rotatable bonds is 2. The van der Waals surface area contributed by atoms with Crippen molar-refractivity contribution in [2.24, 2.45) is 11.8 Å². The number of benzene rings is 2. The first-order chi connectivity index (χ1) is 20.6. The van der Waals surface area contributed by atoms with Crippen LogP contribution in [0.2, 0.25) is 5.02 Å². The largest absolute Gasteiger partial charge is 0.487 e. The zero-order valence-electron chi connectivity index (χ0n) is 25.0. The first kappa shape index (κ1) is 31.4. The van der Waals surface area contributed by atoms with Crippen LogP contribution in [0.1, 0.15) is 80.3 Å². The number of carbonyl (C=O) groups is 2. The minimum absolute atomic E-state index is 0.0790. The Bertz CT molecular complexity index is 1480. The Labute approximate surface area is 260 Å². The van der Waals surface area contributed by atoms with Gasteiger partial charge in [0.25, 0.3) is 5.91 Å². The molecule has 2 aromatic rings. The summed E-state index contributed by atoms with van der Waals surface area (Å²) in [6, 6.07) is 10.9. The Kier molecular flexibility index (Phi) is 10.0. The molecular formula is C33H42ClN3O5S. The van der Waals surface area contributed by atoms with E-state index in [9.17, 15) is 18.0 Å². The van der Waals surface area contributed by atoms with E-state index in [1.54, 1.807) is 18.2 Å². The highest BCUT2D eigenvalue weighted by atomic mass is 35.5. The van der Waals surface area contributed by atoms with E-state index < -0.39 is 21.2 Å². The molecule has 2 amide bonds. The van der Waals surface area contributed by atoms with Crippen LogP contribution in [0.5, 0.6) is 5.75 Å². The standard InChI is InChI=1S/C33H42ClN3O5S/c1-3-28-9-4-5-10-30(35-22(2)38)29-15-12-25(29)20-37-17-7-6-8-23-18-27(34)14-11-26(23)21-42-32-16-13-24(19-31(32)37)33(39)36-43(28,40)41/h5,10-11,13-14,16,18-19,25,28-30H,3-4,6-9,12,15,17,20-21H2,1-2H3,(H,35,38)(H,36,39)/b10-5+/t25-,28+,29+,30+/m0/s1. The molecule has 43 heavy (non-hydrogen) atoms. The number of allylic oxidation sites excluding steroid dienone is 1. The predicted octanol–water partition coefficient (Wildman–Crippen LogP) is 5.78. The van der Waals surface area contributed by atoms with E-state index in [2.05, 4.69) is 14.9 Å². The van der Waals surface area contributed by atoms with Crippen molar-refractivity contribution in [2.45, 2.75) is 83.1 Å². The van der Waals surface area contributed by atoms with Crippen LogP contribution in [0.15, 0.2) is 48.6 Å². The molecule has 0 unspecified atom stereocenters. The lowest BCUT2D eigenvalue weighted by molar-refractivity contribution is -0.120. The van der Waals surface area contributed by atoms with Crippen LogP contribution in [0.4, 0.5) is 5.69 Å². The van der Waals surface area contributed by atoms with Gasteiger partial charge in [-0.25, -0.2) is 13.1 Å². The second-order valence-electron chi connectivity index (χ2n) is 12.0. The number of nitrogens with zero attached hydrogens (tertiary/aromatic N) is 1. The third-order valence-corrected chi connectivity index (χ3v) is 11.3. The normalized spacial score (nSPS) is 26.7. The number of carbonyl (C=O) groups excluding carboxylic acids is 2. The Morgan fingerprint density at radius 2 is 1.95 bits per heavy atom. The van der Waals surface area contributed by atoms with Crippen molar-refractivity contribution in [3.63, 3.8) is 0 Å². The van der Waals surface area contributed by atoms with Crippen LogP contribution in [-0.2, 0) is 27.8 Å². The molecule has 3 aliphatic rings. The summed E-state index contributed by atoms with van der Waals surface area (Å²) in [5.41, 5.74) is 3.30. The lowest BCUT2D eigenvalue weighted by Crippen LogP contribution is -2.49. The number of sulfonamides is 1. The Morgan fingerprint density at radius 3 is 2.70 bits per heavy atom. The number of fused-ring (bicyclic) bond motifs is 3. The smallest absolute Gasteiger partial charge is 0.264 e. The molecule has 10 heteroatoms. The molecule has 0 radical (unpaired) electrons. The summed E-state index contributed by atoms with van der Waals surface area (Å²) < 4.78 is 35.2. The van der Waals surface area contributed by atoms with Gasteiger partial charge in [0, 0.05) is 30.6 Å². The number of anilines is 1. The lowest BCUT2D eigenvalue weighted by Gasteiger charge is -2.44. The van der Waals surface area contributed by atoms with Gasteiger partial charge in [0.05, 0.1) is 17.0 Å². The van der Waals surface area contributed by atoms with Crippen molar-refractivity contribution in [3.8, 4) is 5.75 Å². The predicted molar refractivity (Wildman–Crippen MR) is 170 cm³/mol. The van der Waals surface area contributed by atoms with E-state index in [0.29, 0.717) is 42.6 Å². The van der Waals surface area contributed by atoms with Gasteiger partial charge in [-0.15, -0.1) is 0 Å². The second kappa shape index (κ2) is 13.7. The van der Waals surface area contributed by atoms with Crippen LogP contribution in [0.3, 0.4) is 0 Å². The molecule has 1 fully saturated rings. The Hall–Kier alpha value is -3.04. The molecule has 0 aromatic heterocycles. The van der Waals surface area contributed by atoms with Crippen LogP contribution < -0.4 is 19.7 Å². The lowest BCUT2D eigenvalue weighted by atomic mass is 9.69. The maximum absolute atomic E-state index is 13.4. The molecule has 4 atom stereocenters. The molecule has 2 aromatic carbocycles. The molecule has 0 spiro atoms.